The number of benzene rings is 1. The van der Waals surface area contributed by atoms with E-state index in [0.717, 1.165) is 23.1 Å². The summed E-state index contributed by atoms with van der Waals surface area (Å²) in [5.74, 6) is -0.147. The first-order valence-electron chi connectivity index (χ1n) is 5.26. The van der Waals surface area contributed by atoms with Gasteiger partial charge in [0, 0.05) is 29.7 Å². The molecule has 0 aliphatic carbocycles. The van der Waals surface area contributed by atoms with Gasteiger partial charge in [0.25, 0.3) is 0 Å². The van der Waals surface area contributed by atoms with Crippen molar-refractivity contribution in [1.29, 1.82) is 0 Å². The van der Waals surface area contributed by atoms with Crippen molar-refractivity contribution in [3.63, 3.8) is 0 Å². The summed E-state index contributed by atoms with van der Waals surface area (Å²) in [5, 5.41) is 0. The van der Waals surface area contributed by atoms with Crippen molar-refractivity contribution in [1.82, 2.24) is 9.80 Å². The zero-order valence-corrected chi connectivity index (χ0v) is 11.6. The van der Waals surface area contributed by atoms with Gasteiger partial charge in [0.05, 0.1) is 0 Å². The maximum atomic E-state index is 13.5. The lowest BCUT2D eigenvalue weighted by Gasteiger charge is -2.19. The molecule has 0 aliphatic rings. The lowest BCUT2D eigenvalue weighted by molar-refractivity contribution is 0.273. The van der Waals surface area contributed by atoms with Gasteiger partial charge in [-0.25, -0.2) is 4.39 Å². The van der Waals surface area contributed by atoms with Gasteiger partial charge in [-0.15, -0.1) is 0 Å². The Bertz CT molecular complexity index is 342. The third-order valence-electron chi connectivity index (χ3n) is 2.38. The van der Waals surface area contributed by atoms with Crippen LogP contribution >= 0.6 is 15.9 Å². The minimum Gasteiger partial charge on any atom is -0.308 e. The van der Waals surface area contributed by atoms with Crippen molar-refractivity contribution >= 4 is 15.9 Å². The van der Waals surface area contributed by atoms with E-state index in [4.69, 9.17) is 0 Å². The van der Waals surface area contributed by atoms with E-state index in [1.54, 1.807) is 0 Å². The van der Waals surface area contributed by atoms with Crippen molar-refractivity contribution in [2.24, 2.45) is 0 Å². The molecular weight excluding hydrogens is 271 g/mol. The second-order valence-electron chi connectivity index (χ2n) is 4.28. The van der Waals surface area contributed by atoms with Crippen LogP contribution in [0.4, 0.5) is 4.39 Å². The van der Waals surface area contributed by atoms with E-state index >= 15 is 0 Å². The SMILES string of the molecule is CN(C)CCN(C)Cc1ccc(Br)cc1F. The molecular formula is C12H18BrFN2. The van der Waals surface area contributed by atoms with Crippen LogP contribution in [0.2, 0.25) is 0 Å². The fraction of sp³-hybridized carbons (Fsp3) is 0.500. The van der Waals surface area contributed by atoms with Gasteiger partial charge in [0.1, 0.15) is 5.82 Å². The molecule has 0 N–H and O–H groups in total. The van der Waals surface area contributed by atoms with Crippen LogP contribution in [0.3, 0.4) is 0 Å². The Labute approximate surface area is 105 Å². The largest absolute Gasteiger partial charge is 0.308 e. The van der Waals surface area contributed by atoms with Crippen molar-refractivity contribution in [2.75, 3.05) is 34.2 Å². The molecule has 0 amide bonds. The van der Waals surface area contributed by atoms with Crippen LogP contribution in [0.1, 0.15) is 5.56 Å². The maximum absolute atomic E-state index is 13.5. The average molecular weight is 289 g/mol. The monoisotopic (exact) mass is 288 g/mol. The Morgan fingerprint density at radius 3 is 2.44 bits per heavy atom. The molecule has 2 nitrogen and oxygen atoms in total. The Kier molecular flexibility index (Phi) is 5.38. The second-order valence-corrected chi connectivity index (χ2v) is 5.19. The maximum Gasteiger partial charge on any atom is 0.128 e. The molecule has 1 aromatic carbocycles. The van der Waals surface area contributed by atoms with Crippen LogP contribution in [0, 0.1) is 5.82 Å². The summed E-state index contributed by atoms with van der Waals surface area (Å²) < 4.78 is 14.3. The number of hydrogen-bond acceptors (Lipinski definition) is 2. The van der Waals surface area contributed by atoms with E-state index in [-0.39, 0.29) is 5.82 Å². The summed E-state index contributed by atoms with van der Waals surface area (Å²) in [4.78, 5) is 4.24. The Morgan fingerprint density at radius 2 is 1.88 bits per heavy atom. The van der Waals surface area contributed by atoms with Gasteiger partial charge in [0.2, 0.25) is 0 Å². The summed E-state index contributed by atoms with van der Waals surface area (Å²) in [7, 11) is 6.08. The molecule has 0 bridgehead atoms. The Morgan fingerprint density at radius 1 is 1.19 bits per heavy atom. The van der Waals surface area contributed by atoms with Crippen molar-refractivity contribution < 1.29 is 4.39 Å². The standard InChI is InChI=1S/C12H18BrFN2/c1-15(2)6-7-16(3)9-10-4-5-11(13)8-12(10)14/h4-5,8H,6-7,9H2,1-3H3. The van der Waals surface area contributed by atoms with E-state index in [1.165, 1.54) is 6.07 Å². The van der Waals surface area contributed by atoms with Crippen molar-refractivity contribution in [3.05, 3.63) is 34.1 Å². The lowest BCUT2D eigenvalue weighted by Crippen LogP contribution is -2.28. The van der Waals surface area contributed by atoms with Crippen LogP contribution in [-0.2, 0) is 6.54 Å². The molecule has 0 saturated heterocycles. The molecule has 0 atom stereocenters. The van der Waals surface area contributed by atoms with Crippen molar-refractivity contribution in [2.45, 2.75) is 6.54 Å². The predicted octanol–water partition coefficient (Wildman–Crippen LogP) is 2.58. The molecule has 0 aromatic heterocycles. The van der Waals surface area contributed by atoms with Crippen LogP contribution in [0.15, 0.2) is 22.7 Å². The predicted molar refractivity (Wildman–Crippen MR) is 69.0 cm³/mol. The van der Waals surface area contributed by atoms with E-state index < -0.39 is 0 Å². The van der Waals surface area contributed by atoms with E-state index in [2.05, 4.69) is 25.7 Å². The highest BCUT2D eigenvalue weighted by molar-refractivity contribution is 9.10. The number of halogens is 2. The molecule has 0 radical (unpaired) electrons. The fourth-order valence-corrected chi connectivity index (χ4v) is 1.72. The fourth-order valence-electron chi connectivity index (χ4n) is 1.39. The summed E-state index contributed by atoms with van der Waals surface area (Å²) in [6, 6.07) is 5.21. The van der Waals surface area contributed by atoms with E-state index in [9.17, 15) is 4.39 Å². The van der Waals surface area contributed by atoms with Gasteiger partial charge in [-0.3, -0.25) is 0 Å². The topological polar surface area (TPSA) is 6.48 Å². The third-order valence-corrected chi connectivity index (χ3v) is 2.88. The summed E-state index contributed by atoms with van der Waals surface area (Å²) in [5.41, 5.74) is 0.740. The Hall–Kier alpha value is -0.450. The molecule has 1 rings (SSSR count). The lowest BCUT2D eigenvalue weighted by atomic mass is 10.2. The molecule has 1 aromatic rings. The van der Waals surface area contributed by atoms with Gasteiger partial charge < -0.3 is 9.80 Å². The normalized spacial score (nSPS) is 11.4. The quantitative estimate of drug-likeness (QED) is 0.822. The zero-order chi connectivity index (χ0) is 12.1. The molecule has 0 fully saturated rings. The van der Waals surface area contributed by atoms with Gasteiger partial charge in [-0.05, 0) is 33.3 Å². The molecule has 0 heterocycles. The molecule has 0 aliphatic heterocycles. The number of nitrogens with zero attached hydrogens (tertiary/aromatic N) is 2. The van der Waals surface area contributed by atoms with Crippen LogP contribution in [0.5, 0.6) is 0 Å². The van der Waals surface area contributed by atoms with Gasteiger partial charge in [-0.1, -0.05) is 22.0 Å². The van der Waals surface area contributed by atoms with Crippen LogP contribution in [-0.4, -0.2) is 44.0 Å². The van der Waals surface area contributed by atoms with Gasteiger partial charge >= 0.3 is 0 Å². The minimum absolute atomic E-state index is 0.147. The summed E-state index contributed by atoms with van der Waals surface area (Å²) in [6.45, 7) is 2.56. The highest BCUT2D eigenvalue weighted by atomic mass is 79.9. The highest BCUT2D eigenvalue weighted by Crippen LogP contribution is 2.16. The van der Waals surface area contributed by atoms with Crippen molar-refractivity contribution in [3.8, 4) is 0 Å². The number of hydrogen-bond donors (Lipinski definition) is 0. The first kappa shape index (κ1) is 13.6. The number of rotatable bonds is 5. The molecule has 4 heteroatoms. The first-order valence-corrected chi connectivity index (χ1v) is 6.05. The molecule has 90 valence electrons. The molecule has 16 heavy (non-hydrogen) atoms. The van der Waals surface area contributed by atoms with Gasteiger partial charge in [0.15, 0.2) is 0 Å². The van der Waals surface area contributed by atoms with E-state index in [0.29, 0.717) is 6.54 Å². The Balaban J connectivity index is 2.52. The smallest absolute Gasteiger partial charge is 0.128 e. The van der Waals surface area contributed by atoms with E-state index in [1.807, 2.05) is 33.3 Å². The third kappa shape index (κ3) is 4.60. The van der Waals surface area contributed by atoms with Crippen LogP contribution < -0.4 is 0 Å². The molecule has 0 saturated carbocycles. The number of likely N-dealkylation sites (N-methyl/N-ethyl adjacent to an activating group) is 2. The van der Waals surface area contributed by atoms with Crippen LogP contribution in [0.25, 0.3) is 0 Å². The highest BCUT2D eigenvalue weighted by Gasteiger charge is 2.06. The molecule has 0 unspecified atom stereocenters. The second kappa shape index (κ2) is 6.33. The first-order chi connectivity index (χ1) is 7.49. The summed E-state index contributed by atoms with van der Waals surface area (Å²) >= 11 is 3.25. The zero-order valence-electron chi connectivity index (χ0n) is 10.0. The average Bonchev–Trinajstić information content (AvgIpc) is 2.19. The molecule has 0 spiro atoms. The summed E-state index contributed by atoms with van der Waals surface area (Å²) in [6.07, 6.45) is 0. The van der Waals surface area contributed by atoms with Gasteiger partial charge in [-0.2, -0.15) is 0 Å². The minimum atomic E-state index is -0.147.